The molecule has 0 aliphatic carbocycles. The quantitative estimate of drug-likeness (QED) is 0.305. The molecule has 2 heterocycles. The number of rotatable bonds is 5. The summed E-state index contributed by atoms with van der Waals surface area (Å²) in [7, 11) is 1.47. The maximum atomic E-state index is 13.3. The van der Waals surface area contributed by atoms with Gasteiger partial charge in [-0.3, -0.25) is 14.4 Å². The maximum absolute atomic E-state index is 13.3. The summed E-state index contributed by atoms with van der Waals surface area (Å²) in [4.78, 5) is 39.1. The zero-order chi connectivity index (χ0) is 24.7. The number of hydrogen-bond acceptors (Lipinski definition) is 6. The van der Waals surface area contributed by atoms with Crippen LogP contribution in [0.5, 0.6) is 5.75 Å². The second-order valence-electron chi connectivity index (χ2n) is 7.91. The van der Waals surface area contributed by atoms with Gasteiger partial charge in [0.25, 0.3) is 5.91 Å². The van der Waals surface area contributed by atoms with Crippen LogP contribution in [0.25, 0.3) is 21.9 Å². The van der Waals surface area contributed by atoms with E-state index < -0.39 is 11.7 Å². The average Bonchev–Trinajstić information content (AvgIpc) is 3.22. The van der Waals surface area contributed by atoms with Crippen LogP contribution in [0.3, 0.4) is 0 Å². The molecule has 8 heteroatoms. The number of para-hydroxylation sites is 1. The number of aryl methyl sites for hydroxylation is 1. The molecule has 5 aromatic rings. The smallest absolute Gasteiger partial charge is 0.291 e. The highest BCUT2D eigenvalue weighted by Gasteiger charge is 2.25. The van der Waals surface area contributed by atoms with Crippen molar-refractivity contribution in [2.75, 3.05) is 12.4 Å². The van der Waals surface area contributed by atoms with Gasteiger partial charge in [0.05, 0.1) is 23.2 Å². The topological polar surface area (TPSA) is 98.7 Å². The number of amides is 1. The maximum Gasteiger partial charge on any atom is 0.291 e. The Bertz CT molecular complexity index is 1700. The van der Waals surface area contributed by atoms with Gasteiger partial charge in [-0.1, -0.05) is 35.4 Å². The number of methoxy groups -OCH3 is 1. The SMILES string of the molecule is COc1ccc(C(=O)c2oc3ccccc3c2NC(=O)c2cc(=O)c3cc(C)ccc3o2)cc1Cl. The second kappa shape index (κ2) is 8.77. The molecule has 7 nitrogen and oxygen atoms in total. The van der Waals surface area contributed by atoms with Crippen molar-refractivity contribution in [3.8, 4) is 5.75 Å². The van der Waals surface area contributed by atoms with Gasteiger partial charge in [0.2, 0.25) is 5.78 Å². The summed E-state index contributed by atoms with van der Waals surface area (Å²) < 4.78 is 16.7. The molecule has 1 N–H and O–H groups in total. The molecule has 2 aromatic heterocycles. The van der Waals surface area contributed by atoms with Crippen LogP contribution in [0.2, 0.25) is 5.02 Å². The Morgan fingerprint density at radius 1 is 0.914 bits per heavy atom. The number of fused-ring (bicyclic) bond motifs is 2. The van der Waals surface area contributed by atoms with Gasteiger partial charge < -0.3 is 18.9 Å². The largest absolute Gasteiger partial charge is 0.495 e. The van der Waals surface area contributed by atoms with Gasteiger partial charge in [0.15, 0.2) is 16.9 Å². The van der Waals surface area contributed by atoms with Gasteiger partial charge in [0.1, 0.15) is 16.9 Å². The lowest BCUT2D eigenvalue weighted by molar-refractivity contribution is 0.0997. The monoisotopic (exact) mass is 487 g/mol. The zero-order valence-corrected chi connectivity index (χ0v) is 19.4. The van der Waals surface area contributed by atoms with Gasteiger partial charge in [-0.2, -0.15) is 0 Å². The minimum atomic E-state index is -0.696. The first-order valence-electron chi connectivity index (χ1n) is 10.6. The van der Waals surface area contributed by atoms with Crippen molar-refractivity contribution in [3.05, 3.63) is 105 Å². The fourth-order valence-electron chi connectivity index (χ4n) is 3.83. The number of furan rings is 1. The van der Waals surface area contributed by atoms with Crippen LogP contribution in [0.15, 0.2) is 80.4 Å². The van der Waals surface area contributed by atoms with E-state index in [9.17, 15) is 14.4 Å². The van der Waals surface area contributed by atoms with Crippen LogP contribution in [0.1, 0.15) is 32.2 Å². The summed E-state index contributed by atoms with van der Waals surface area (Å²) in [5, 5.41) is 3.85. The van der Waals surface area contributed by atoms with E-state index in [4.69, 9.17) is 25.2 Å². The average molecular weight is 488 g/mol. The summed E-state index contributed by atoms with van der Waals surface area (Å²) in [5.41, 5.74) is 1.65. The summed E-state index contributed by atoms with van der Waals surface area (Å²) in [6.07, 6.45) is 0. The number of carbonyl (C=O) groups excluding carboxylic acids is 2. The van der Waals surface area contributed by atoms with Crippen molar-refractivity contribution in [1.82, 2.24) is 0 Å². The zero-order valence-electron chi connectivity index (χ0n) is 18.7. The Hall–Kier alpha value is -4.36. The van der Waals surface area contributed by atoms with Crippen molar-refractivity contribution in [3.63, 3.8) is 0 Å². The van der Waals surface area contributed by atoms with Gasteiger partial charge in [-0.05, 0) is 49.4 Å². The Morgan fingerprint density at radius 3 is 2.46 bits per heavy atom. The molecule has 0 fully saturated rings. The summed E-state index contributed by atoms with van der Waals surface area (Å²) in [6, 6.07) is 17.7. The van der Waals surface area contributed by atoms with Gasteiger partial charge in [-0.15, -0.1) is 0 Å². The first-order chi connectivity index (χ1) is 16.9. The van der Waals surface area contributed by atoms with E-state index in [0.29, 0.717) is 22.1 Å². The third-order valence-corrected chi connectivity index (χ3v) is 5.86. The molecule has 0 unspecified atom stereocenters. The molecule has 0 bridgehead atoms. The number of ketones is 1. The highest BCUT2D eigenvalue weighted by molar-refractivity contribution is 6.32. The molecule has 0 aliphatic heterocycles. The molecule has 0 spiro atoms. The Balaban J connectivity index is 1.57. The summed E-state index contributed by atoms with van der Waals surface area (Å²) in [6.45, 7) is 1.86. The van der Waals surface area contributed by atoms with Crippen LogP contribution in [0.4, 0.5) is 5.69 Å². The molecule has 1 amide bonds. The fourth-order valence-corrected chi connectivity index (χ4v) is 4.08. The molecule has 0 saturated carbocycles. The number of nitrogens with one attached hydrogen (secondary N) is 1. The fraction of sp³-hybridized carbons (Fsp3) is 0.0741. The predicted molar refractivity (Wildman–Crippen MR) is 133 cm³/mol. The Kier molecular flexibility index (Phi) is 5.62. The van der Waals surface area contributed by atoms with Crippen molar-refractivity contribution in [2.45, 2.75) is 6.92 Å². The number of ether oxygens (including phenoxy) is 1. The van der Waals surface area contributed by atoms with Crippen LogP contribution in [-0.4, -0.2) is 18.8 Å². The minimum Gasteiger partial charge on any atom is -0.495 e. The highest BCUT2D eigenvalue weighted by Crippen LogP contribution is 2.34. The predicted octanol–water partition coefficient (Wildman–Crippen LogP) is 5.99. The molecule has 35 heavy (non-hydrogen) atoms. The molecule has 0 aliphatic rings. The number of halogens is 1. The van der Waals surface area contributed by atoms with Gasteiger partial charge in [0, 0.05) is 17.0 Å². The normalized spacial score (nSPS) is 11.1. The van der Waals surface area contributed by atoms with E-state index in [1.54, 1.807) is 54.6 Å². The first-order valence-corrected chi connectivity index (χ1v) is 11.0. The summed E-state index contributed by atoms with van der Waals surface area (Å²) in [5.74, 6) is -1.04. The third-order valence-electron chi connectivity index (χ3n) is 5.56. The van der Waals surface area contributed by atoms with Crippen molar-refractivity contribution in [2.24, 2.45) is 0 Å². The first kappa shape index (κ1) is 22.4. The molecule has 0 radical (unpaired) electrons. The number of anilines is 1. The Morgan fingerprint density at radius 2 is 1.69 bits per heavy atom. The van der Waals surface area contributed by atoms with E-state index >= 15 is 0 Å². The van der Waals surface area contributed by atoms with Crippen LogP contribution < -0.4 is 15.5 Å². The Labute approximate surface area is 203 Å². The molecular weight excluding hydrogens is 470 g/mol. The highest BCUT2D eigenvalue weighted by atomic mass is 35.5. The molecule has 0 saturated heterocycles. The minimum absolute atomic E-state index is 0.0838. The van der Waals surface area contributed by atoms with Crippen LogP contribution >= 0.6 is 11.6 Å². The van der Waals surface area contributed by atoms with E-state index in [0.717, 1.165) is 11.6 Å². The standard InChI is InChI=1S/C27H18ClNO6/c1-14-7-9-21-17(11-14)19(30)13-23(34-21)27(32)29-24-16-5-3-4-6-20(16)35-26(24)25(31)15-8-10-22(33-2)18(28)12-15/h3-13H,1-2H3,(H,29,32). The molecule has 3 aromatic carbocycles. The van der Waals surface area contributed by atoms with E-state index in [-0.39, 0.29) is 38.8 Å². The molecule has 174 valence electrons. The van der Waals surface area contributed by atoms with E-state index in [1.807, 2.05) is 6.92 Å². The van der Waals surface area contributed by atoms with Gasteiger partial charge in [-0.25, -0.2) is 0 Å². The number of carbonyl (C=O) groups is 2. The number of hydrogen-bond donors (Lipinski definition) is 1. The number of benzene rings is 3. The lowest BCUT2D eigenvalue weighted by Crippen LogP contribution is -2.16. The molecule has 5 rings (SSSR count). The molecular formula is C27H18ClNO6. The van der Waals surface area contributed by atoms with Gasteiger partial charge >= 0.3 is 0 Å². The lowest BCUT2D eigenvalue weighted by Gasteiger charge is -2.08. The van der Waals surface area contributed by atoms with Crippen LogP contribution in [0, 0.1) is 6.92 Å². The summed E-state index contributed by atoms with van der Waals surface area (Å²) >= 11 is 6.20. The third kappa shape index (κ3) is 4.06. The van der Waals surface area contributed by atoms with Crippen molar-refractivity contribution in [1.29, 1.82) is 0 Å². The lowest BCUT2D eigenvalue weighted by atomic mass is 10.1. The van der Waals surface area contributed by atoms with Crippen molar-refractivity contribution < 1.29 is 23.2 Å². The van der Waals surface area contributed by atoms with E-state index in [1.165, 1.54) is 13.2 Å². The van der Waals surface area contributed by atoms with E-state index in [2.05, 4.69) is 5.32 Å². The van der Waals surface area contributed by atoms with Crippen molar-refractivity contribution >= 4 is 50.9 Å². The molecule has 0 atom stereocenters. The second-order valence-corrected chi connectivity index (χ2v) is 8.32. The van der Waals surface area contributed by atoms with Crippen LogP contribution in [-0.2, 0) is 0 Å².